The normalized spacial score (nSPS) is 12.4. The van der Waals surface area contributed by atoms with Crippen LogP contribution in [0.15, 0.2) is 24.3 Å². The van der Waals surface area contributed by atoms with E-state index in [0.717, 1.165) is 37.4 Å². The van der Waals surface area contributed by atoms with Gasteiger partial charge in [-0.2, -0.15) is 0 Å². The molecule has 1 rings (SSSR count). The first-order valence-electron chi connectivity index (χ1n) is 5.75. The monoisotopic (exact) mass is 223 g/mol. The molecule has 0 bridgehead atoms. The molecule has 2 N–H and O–H groups in total. The van der Waals surface area contributed by atoms with Gasteiger partial charge in [0.05, 0.1) is 7.11 Å². The van der Waals surface area contributed by atoms with Crippen molar-refractivity contribution in [1.82, 2.24) is 0 Å². The fourth-order valence-electron chi connectivity index (χ4n) is 1.47. The van der Waals surface area contributed by atoms with E-state index < -0.39 is 0 Å². The van der Waals surface area contributed by atoms with Crippen molar-refractivity contribution < 1.29 is 9.47 Å². The minimum atomic E-state index is 0.0442. The van der Waals surface area contributed by atoms with Crippen LogP contribution in [-0.2, 0) is 4.74 Å². The fourth-order valence-corrected chi connectivity index (χ4v) is 1.47. The van der Waals surface area contributed by atoms with Crippen molar-refractivity contribution >= 4 is 0 Å². The van der Waals surface area contributed by atoms with Crippen LogP contribution in [0.4, 0.5) is 0 Å². The number of rotatable bonds is 7. The number of methoxy groups -OCH3 is 1. The second-order valence-corrected chi connectivity index (χ2v) is 3.78. The molecule has 0 aliphatic heterocycles. The molecule has 0 fully saturated rings. The lowest BCUT2D eigenvalue weighted by atomic mass is 10.1. The van der Waals surface area contributed by atoms with Crippen LogP contribution < -0.4 is 10.5 Å². The summed E-state index contributed by atoms with van der Waals surface area (Å²) in [7, 11) is 1.66. The van der Waals surface area contributed by atoms with Crippen molar-refractivity contribution in [3.05, 3.63) is 29.8 Å². The Morgan fingerprint density at radius 1 is 1.19 bits per heavy atom. The van der Waals surface area contributed by atoms with Gasteiger partial charge in [0.15, 0.2) is 0 Å². The molecule has 0 heterocycles. The standard InChI is InChI=1S/C13H21NO2/c1-3-9-16-10-8-13(14)11-4-6-12(15-2)7-5-11/h4-7,13H,3,8-10,14H2,1-2H3. The number of nitrogens with two attached hydrogens (primary N) is 1. The smallest absolute Gasteiger partial charge is 0.118 e. The molecule has 0 aliphatic rings. The molecule has 16 heavy (non-hydrogen) atoms. The third-order valence-electron chi connectivity index (χ3n) is 2.47. The van der Waals surface area contributed by atoms with E-state index in [2.05, 4.69) is 6.92 Å². The van der Waals surface area contributed by atoms with E-state index in [-0.39, 0.29) is 6.04 Å². The van der Waals surface area contributed by atoms with Gasteiger partial charge in [0, 0.05) is 19.3 Å². The molecular formula is C13H21NO2. The Labute approximate surface area is 97.6 Å². The molecule has 0 aliphatic carbocycles. The zero-order valence-electron chi connectivity index (χ0n) is 10.1. The summed E-state index contributed by atoms with van der Waals surface area (Å²) in [5.41, 5.74) is 7.17. The Kier molecular flexibility index (Phi) is 5.90. The maximum atomic E-state index is 6.05. The molecule has 1 unspecified atom stereocenters. The lowest BCUT2D eigenvalue weighted by molar-refractivity contribution is 0.128. The third kappa shape index (κ3) is 4.21. The SMILES string of the molecule is CCCOCCC(N)c1ccc(OC)cc1. The van der Waals surface area contributed by atoms with Crippen LogP contribution in [0.1, 0.15) is 31.4 Å². The lowest BCUT2D eigenvalue weighted by Gasteiger charge is -2.12. The van der Waals surface area contributed by atoms with Crippen molar-refractivity contribution in [2.45, 2.75) is 25.8 Å². The summed E-state index contributed by atoms with van der Waals surface area (Å²) < 4.78 is 10.5. The molecule has 1 aromatic rings. The van der Waals surface area contributed by atoms with Crippen LogP contribution in [0.2, 0.25) is 0 Å². The van der Waals surface area contributed by atoms with Crippen LogP contribution in [0.25, 0.3) is 0 Å². The third-order valence-corrected chi connectivity index (χ3v) is 2.47. The Bertz CT molecular complexity index is 284. The van der Waals surface area contributed by atoms with E-state index in [1.54, 1.807) is 7.11 Å². The van der Waals surface area contributed by atoms with Gasteiger partial charge in [0.1, 0.15) is 5.75 Å². The van der Waals surface area contributed by atoms with E-state index in [1.807, 2.05) is 24.3 Å². The molecule has 0 saturated heterocycles. The van der Waals surface area contributed by atoms with Gasteiger partial charge in [0.25, 0.3) is 0 Å². The first-order chi connectivity index (χ1) is 7.77. The van der Waals surface area contributed by atoms with E-state index in [4.69, 9.17) is 15.2 Å². The summed E-state index contributed by atoms with van der Waals surface area (Å²) in [4.78, 5) is 0. The highest BCUT2D eigenvalue weighted by Crippen LogP contribution is 2.18. The maximum absolute atomic E-state index is 6.05. The van der Waals surface area contributed by atoms with Crippen molar-refractivity contribution in [2.75, 3.05) is 20.3 Å². The van der Waals surface area contributed by atoms with Gasteiger partial charge in [0.2, 0.25) is 0 Å². The fraction of sp³-hybridized carbons (Fsp3) is 0.538. The van der Waals surface area contributed by atoms with E-state index >= 15 is 0 Å². The van der Waals surface area contributed by atoms with Gasteiger partial charge in [-0.15, -0.1) is 0 Å². The summed E-state index contributed by atoms with van der Waals surface area (Å²) in [5, 5.41) is 0. The predicted octanol–water partition coefficient (Wildman–Crippen LogP) is 2.51. The first-order valence-corrected chi connectivity index (χ1v) is 5.75. The molecule has 3 heteroatoms. The van der Waals surface area contributed by atoms with Crippen molar-refractivity contribution in [3.63, 3.8) is 0 Å². The summed E-state index contributed by atoms with van der Waals surface area (Å²) in [6.45, 7) is 3.64. The zero-order chi connectivity index (χ0) is 11.8. The quantitative estimate of drug-likeness (QED) is 0.722. The summed E-state index contributed by atoms with van der Waals surface area (Å²) >= 11 is 0. The topological polar surface area (TPSA) is 44.5 Å². The molecule has 0 saturated carbocycles. The number of benzene rings is 1. The Morgan fingerprint density at radius 2 is 1.88 bits per heavy atom. The van der Waals surface area contributed by atoms with Crippen LogP contribution in [0.5, 0.6) is 5.75 Å². The van der Waals surface area contributed by atoms with Crippen LogP contribution in [0.3, 0.4) is 0 Å². The van der Waals surface area contributed by atoms with E-state index in [1.165, 1.54) is 0 Å². The second-order valence-electron chi connectivity index (χ2n) is 3.78. The van der Waals surface area contributed by atoms with E-state index in [0.29, 0.717) is 0 Å². The van der Waals surface area contributed by atoms with Gasteiger partial charge in [-0.25, -0.2) is 0 Å². The molecule has 0 aromatic heterocycles. The highest BCUT2D eigenvalue weighted by atomic mass is 16.5. The molecular weight excluding hydrogens is 202 g/mol. The minimum absolute atomic E-state index is 0.0442. The second kappa shape index (κ2) is 7.25. The van der Waals surface area contributed by atoms with Gasteiger partial charge in [-0.05, 0) is 30.5 Å². The largest absolute Gasteiger partial charge is 0.497 e. The number of hydrogen-bond acceptors (Lipinski definition) is 3. The Balaban J connectivity index is 2.37. The van der Waals surface area contributed by atoms with Crippen LogP contribution in [0, 0.1) is 0 Å². The van der Waals surface area contributed by atoms with Crippen LogP contribution in [-0.4, -0.2) is 20.3 Å². The minimum Gasteiger partial charge on any atom is -0.497 e. The van der Waals surface area contributed by atoms with Gasteiger partial charge < -0.3 is 15.2 Å². The molecule has 0 radical (unpaired) electrons. The molecule has 0 amide bonds. The molecule has 90 valence electrons. The van der Waals surface area contributed by atoms with Crippen LogP contribution >= 0.6 is 0 Å². The molecule has 1 aromatic carbocycles. The Hall–Kier alpha value is -1.06. The van der Waals surface area contributed by atoms with Crippen molar-refractivity contribution in [1.29, 1.82) is 0 Å². The lowest BCUT2D eigenvalue weighted by Crippen LogP contribution is -2.13. The average molecular weight is 223 g/mol. The van der Waals surface area contributed by atoms with Gasteiger partial charge in [-0.3, -0.25) is 0 Å². The molecule has 1 atom stereocenters. The van der Waals surface area contributed by atoms with Gasteiger partial charge >= 0.3 is 0 Å². The highest BCUT2D eigenvalue weighted by molar-refractivity contribution is 5.28. The van der Waals surface area contributed by atoms with E-state index in [9.17, 15) is 0 Å². The first kappa shape index (κ1) is 13.0. The molecule has 3 nitrogen and oxygen atoms in total. The summed E-state index contributed by atoms with van der Waals surface area (Å²) in [6, 6.07) is 7.92. The maximum Gasteiger partial charge on any atom is 0.118 e. The number of hydrogen-bond donors (Lipinski definition) is 1. The molecule has 0 spiro atoms. The zero-order valence-corrected chi connectivity index (χ0v) is 10.1. The summed E-state index contributed by atoms with van der Waals surface area (Å²) in [5.74, 6) is 0.859. The summed E-state index contributed by atoms with van der Waals surface area (Å²) in [6.07, 6.45) is 1.91. The predicted molar refractivity (Wildman–Crippen MR) is 65.6 cm³/mol. The number of ether oxygens (including phenoxy) is 2. The highest BCUT2D eigenvalue weighted by Gasteiger charge is 2.05. The van der Waals surface area contributed by atoms with Crippen molar-refractivity contribution in [3.8, 4) is 5.75 Å². The van der Waals surface area contributed by atoms with Gasteiger partial charge in [-0.1, -0.05) is 19.1 Å². The average Bonchev–Trinajstić information content (AvgIpc) is 2.34. The Morgan fingerprint density at radius 3 is 2.44 bits per heavy atom. The van der Waals surface area contributed by atoms with Crippen molar-refractivity contribution in [2.24, 2.45) is 5.73 Å².